The van der Waals surface area contributed by atoms with Crippen molar-refractivity contribution >= 4 is 22.9 Å². The molecule has 2 aliphatic rings. The van der Waals surface area contributed by atoms with Crippen LogP contribution in [0.5, 0.6) is 0 Å². The maximum atomic E-state index is 6.43. The molecule has 3 nitrogen and oxygen atoms in total. The van der Waals surface area contributed by atoms with Gasteiger partial charge in [0.2, 0.25) is 0 Å². The third-order valence-electron chi connectivity index (χ3n) is 5.40. The molecular formula is C21H24N2OS. The van der Waals surface area contributed by atoms with Gasteiger partial charge in [0.1, 0.15) is 10.6 Å². The summed E-state index contributed by atoms with van der Waals surface area (Å²) in [4.78, 5) is 9.61. The van der Waals surface area contributed by atoms with E-state index in [1.807, 2.05) is 18.2 Å². The molecule has 0 amide bonds. The maximum Gasteiger partial charge on any atom is 0.144 e. The summed E-state index contributed by atoms with van der Waals surface area (Å²) in [5.41, 5.74) is 1.93. The van der Waals surface area contributed by atoms with Gasteiger partial charge >= 0.3 is 0 Å². The molecule has 0 N–H and O–H groups in total. The molecular weight excluding hydrogens is 328 g/mol. The fourth-order valence-corrected chi connectivity index (χ4v) is 4.97. The van der Waals surface area contributed by atoms with Gasteiger partial charge in [-0.05, 0) is 31.5 Å². The zero-order chi connectivity index (χ0) is 17.7. The molecule has 0 bridgehead atoms. The molecule has 130 valence electrons. The summed E-state index contributed by atoms with van der Waals surface area (Å²) in [5, 5.41) is 1.99. The summed E-state index contributed by atoms with van der Waals surface area (Å²) in [7, 11) is 2.02. The number of rotatable bonds is 2. The molecule has 2 atom stereocenters. The number of hydroxylamine groups is 2. The summed E-state index contributed by atoms with van der Waals surface area (Å²) in [6.45, 7) is 4.50. The van der Waals surface area contributed by atoms with E-state index in [4.69, 9.17) is 17.1 Å². The Bertz CT molecular complexity index is 777. The maximum absolute atomic E-state index is 6.43. The number of para-hydroxylation sites is 1. The summed E-state index contributed by atoms with van der Waals surface area (Å²) in [6.07, 6.45) is 1.78. The minimum atomic E-state index is -0.413. The fourth-order valence-electron chi connectivity index (χ4n) is 4.43. The van der Waals surface area contributed by atoms with Crippen molar-refractivity contribution in [1.82, 2.24) is 5.06 Å². The summed E-state index contributed by atoms with van der Waals surface area (Å²) >= 11 is 5.97. The van der Waals surface area contributed by atoms with Crippen molar-refractivity contribution in [2.24, 2.45) is 0 Å². The Hall–Kier alpha value is -1.75. The topological polar surface area (TPSA) is 15.7 Å². The van der Waals surface area contributed by atoms with Crippen molar-refractivity contribution in [3.8, 4) is 0 Å². The predicted molar refractivity (Wildman–Crippen MR) is 106 cm³/mol. The van der Waals surface area contributed by atoms with Crippen molar-refractivity contribution < 1.29 is 4.84 Å². The van der Waals surface area contributed by atoms with E-state index < -0.39 is 5.60 Å². The molecule has 2 aromatic carbocycles. The highest BCUT2D eigenvalue weighted by Crippen LogP contribution is 2.51. The molecule has 2 aliphatic heterocycles. The molecule has 2 saturated heterocycles. The fraction of sp³-hybridized carbons (Fsp3) is 0.381. The zero-order valence-corrected chi connectivity index (χ0v) is 15.8. The smallest absolute Gasteiger partial charge is 0.144 e. The van der Waals surface area contributed by atoms with Crippen LogP contribution in [0.4, 0.5) is 5.69 Å². The molecule has 0 radical (unpaired) electrons. The van der Waals surface area contributed by atoms with Crippen LogP contribution >= 0.6 is 12.2 Å². The lowest BCUT2D eigenvalue weighted by atomic mass is 9.87. The number of thiocarbonyl (C=S) groups is 1. The second-order valence-electron chi connectivity index (χ2n) is 7.73. The largest absolute Gasteiger partial charge is 0.328 e. The third-order valence-corrected chi connectivity index (χ3v) is 5.95. The minimum Gasteiger partial charge on any atom is -0.328 e. The first-order valence-corrected chi connectivity index (χ1v) is 9.20. The van der Waals surface area contributed by atoms with Crippen molar-refractivity contribution in [2.45, 2.75) is 43.9 Å². The Morgan fingerprint density at radius 1 is 1.00 bits per heavy atom. The minimum absolute atomic E-state index is 0.0785. The van der Waals surface area contributed by atoms with Gasteiger partial charge in [0.05, 0.1) is 6.04 Å². The predicted octanol–water partition coefficient (Wildman–Crippen LogP) is 4.75. The van der Waals surface area contributed by atoms with Crippen LogP contribution in [-0.4, -0.2) is 28.2 Å². The Morgan fingerprint density at radius 2 is 1.60 bits per heavy atom. The second kappa shape index (κ2) is 5.90. The van der Waals surface area contributed by atoms with Crippen LogP contribution < -0.4 is 4.90 Å². The lowest BCUT2D eigenvalue weighted by Crippen LogP contribution is -2.42. The van der Waals surface area contributed by atoms with E-state index in [0.29, 0.717) is 0 Å². The number of anilines is 1. The van der Waals surface area contributed by atoms with E-state index in [1.54, 1.807) is 0 Å². The quantitative estimate of drug-likeness (QED) is 0.725. The van der Waals surface area contributed by atoms with E-state index in [1.165, 1.54) is 5.56 Å². The van der Waals surface area contributed by atoms with Gasteiger partial charge in [-0.1, -0.05) is 60.7 Å². The summed E-state index contributed by atoms with van der Waals surface area (Å²) in [6, 6.07) is 21.2. The normalized spacial score (nSPS) is 28.8. The highest BCUT2D eigenvalue weighted by Gasteiger charge is 2.59. The third kappa shape index (κ3) is 2.69. The van der Waals surface area contributed by atoms with Gasteiger partial charge in [0, 0.05) is 31.1 Å². The van der Waals surface area contributed by atoms with Crippen LogP contribution in [0.15, 0.2) is 60.7 Å². The Kier molecular flexibility index (Phi) is 3.95. The van der Waals surface area contributed by atoms with Gasteiger partial charge in [-0.3, -0.25) is 4.84 Å². The number of nitrogens with zero attached hydrogens (tertiary/aromatic N) is 2. The molecule has 2 heterocycles. The van der Waals surface area contributed by atoms with Crippen LogP contribution in [0.1, 0.15) is 38.3 Å². The average molecular weight is 353 g/mol. The molecule has 0 unspecified atom stereocenters. The standard InChI is InChI=1S/C21H24N2OS/c1-20(2)15-21(19(25)23(20)17-12-8-5-9-13-17)14-18(22(3)24-21)16-10-6-4-7-11-16/h4-13,18H,14-15H2,1-3H3/t18-,21+/m1/s1. The van der Waals surface area contributed by atoms with E-state index in [9.17, 15) is 0 Å². The Balaban J connectivity index is 1.69. The molecule has 25 heavy (non-hydrogen) atoms. The van der Waals surface area contributed by atoms with Crippen LogP contribution in [-0.2, 0) is 4.84 Å². The lowest BCUT2D eigenvalue weighted by Gasteiger charge is -2.32. The first-order chi connectivity index (χ1) is 11.9. The van der Waals surface area contributed by atoms with Gasteiger partial charge in [-0.2, -0.15) is 5.06 Å². The first-order valence-electron chi connectivity index (χ1n) is 8.80. The Labute approximate surface area is 155 Å². The van der Waals surface area contributed by atoms with E-state index in [0.717, 1.165) is 23.5 Å². The monoisotopic (exact) mass is 352 g/mol. The average Bonchev–Trinajstić information content (AvgIpc) is 3.02. The molecule has 0 aromatic heterocycles. The summed E-state index contributed by atoms with van der Waals surface area (Å²) < 4.78 is 0. The van der Waals surface area contributed by atoms with Crippen LogP contribution in [0.3, 0.4) is 0 Å². The molecule has 0 aliphatic carbocycles. The molecule has 2 aromatic rings. The molecule has 4 heteroatoms. The van der Waals surface area contributed by atoms with E-state index in [2.05, 4.69) is 73.3 Å². The van der Waals surface area contributed by atoms with Gasteiger partial charge in [-0.15, -0.1) is 0 Å². The molecule has 2 fully saturated rings. The molecule has 1 spiro atoms. The first kappa shape index (κ1) is 16.7. The molecule has 0 saturated carbocycles. The van der Waals surface area contributed by atoms with Crippen molar-refractivity contribution in [2.75, 3.05) is 11.9 Å². The highest BCUT2D eigenvalue weighted by molar-refractivity contribution is 7.80. The van der Waals surface area contributed by atoms with Crippen molar-refractivity contribution in [1.29, 1.82) is 0 Å². The van der Waals surface area contributed by atoms with Crippen molar-refractivity contribution in [3.63, 3.8) is 0 Å². The SMILES string of the molecule is CN1O[C@@]2(C[C@@H]1c1ccccc1)CC(C)(C)N(c1ccccc1)C2=S. The number of benzene rings is 2. The van der Waals surface area contributed by atoms with Crippen molar-refractivity contribution in [3.05, 3.63) is 66.2 Å². The summed E-state index contributed by atoms with van der Waals surface area (Å²) in [5.74, 6) is 0. The van der Waals surface area contributed by atoms with Crippen LogP contribution in [0.25, 0.3) is 0 Å². The molecule has 4 rings (SSSR count). The van der Waals surface area contributed by atoms with Gasteiger partial charge in [0.25, 0.3) is 0 Å². The van der Waals surface area contributed by atoms with Crippen LogP contribution in [0, 0.1) is 0 Å². The van der Waals surface area contributed by atoms with Gasteiger partial charge in [-0.25, -0.2) is 0 Å². The van der Waals surface area contributed by atoms with Crippen LogP contribution in [0.2, 0.25) is 0 Å². The van der Waals surface area contributed by atoms with Gasteiger partial charge in [0.15, 0.2) is 0 Å². The zero-order valence-electron chi connectivity index (χ0n) is 15.0. The number of hydrogen-bond donors (Lipinski definition) is 0. The lowest BCUT2D eigenvalue weighted by molar-refractivity contribution is -0.165. The second-order valence-corrected chi connectivity index (χ2v) is 8.11. The van der Waals surface area contributed by atoms with Gasteiger partial charge < -0.3 is 4.90 Å². The Morgan fingerprint density at radius 3 is 2.24 bits per heavy atom. The van der Waals surface area contributed by atoms with E-state index >= 15 is 0 Å². The number of hydrogen-bond acceptors (Lipinski definition) is 3. The van der Waals surface area contributed by atoms with E-state index in [-0.39, 0.29) is 11.6 Å². The highest BCUT2D eigenvalue weighted by atomic mass is 32.1.